The molecule has 6 nitrogen and oxygen atoms in total. The summed E-state index contributed by atoms with van der Waals surface area (Å²) < 4.78 is 37.5. The third-order valence-electron chi connectivity index (χ3n) is 3.47. The number of morpholine rings is 1. The van der Waals surface area contributed by atoms with E-state index in [1.807, 2.05) is 6.92 Å². The van der Waals surface area contributed by atoms with E-state index in [1.165, 1.54) is 11.4 Å². The largest absolute Gasteiger partial charge is 0.497 e. The summed E-state index contributed by atoms with van der Waals surface area (Å²) in [6.07, 6.45) is 0.152. The third kappa shape index (κ3) is 3.55. The molecule has 0 spiro atoms. The predicted octanol–water partition coefficient (Wildman–Crippen LogP) is 0.639. The Hall–Kier alpha value is -1.15. The van der Waals surface area contributed by atoms with Gasteiger partial charge in [0.25, 0.3) is 0 Å². The second-order valence-corrected chi connectivity index (χ2v) is 6.90. The van der Waals surface area contributed by atoms with Crippen LogP contribution >= 0.6 is 0 Å². The van der Waals surface area contributed by atoms with E-state index in [2.05, 4.69) is 0 Å². The van der Waals surface area contributed by atoms with Gasteiger partial charge in [-0.15, -0.1) is 0 Å². The minimum atomic E-state index is -3.59. The maximum Gasteiger partial charge on any atom is 0.243 e. The molecular formula is C14H21NO5S. The first-order valence-corrected chi connectivity index (χ1v) is 8.32. The van der Waals surface area contributed by atoms with Crippen molar-refractivity contribution in [3.05, 3.63) is 23.8 Å². The van der Waals surface area contributed by atoms with Gasteiger partial charge in [-0.1, -0.05) is 0 Å². The van der Waals surface area contributed by atoms with Crippen molar-refractivity contribution in [1.29, 1.82) is 0 Å². The third-order valence-corrected chi connectivity index (χ3v) is 5.44. The van der Waals surface area contributed by atoms with Crippen LogP contribution in [0.2, 0.25) is 0 Å². The summed E-state index contributed by atoms with van der Waals surface area (Å²) in [5, 5.41) is 9.16. The highest BCUT2D eigenvalue weighted by Crippen LogP contribution is 2.26. The van der Waals surface area contributed by atoms with Crippen molar-refractivity contribution >= 4 is 10.0 Å². The van der Waals surface area contributed by atoms with Crippen LogP contribution in [0.25, 0.3) is 0 Å². The molecular weight excluding hydrogens is 294 g/mol. The Morgan fingerprint density at radius 2 is 2.24 bits per heavy atom. The van der Waals surface area contributed by atoms with E-state index >= 15 is 0 Å². The van der Waals surface area contributed by atoms with Crippen LogP contribution in [0.5, 0.6) is 5.75 Å². The van der Waals surface area contributed by atoms with Crippen LogP contribution in [0.3, 0.4) is 0 Å². The van der Waals surface area contributed by atoms with E-state index in [-0.39, 0.29) is 24.0 Å². The van der Waals surface area contributed by atoms with Crippen molar-refractivity contribution < 1.29 is 23.0 Å². The van der Waals surface area contributed by atoms with E-state index in [4.69, 9.17) is 14.6 Å². The number of benzene rings is 1. The van der Waals surface area contributed by atoms with Crippen LogP contribution in [0.4, 0.5) is 0 Å². The highest BCUT2D eigenvalue weighted by molar-refractivity contribution is 7.89. The predicted molar refractivity (Wildman–Crippen MR) is 78.0 cm³/mol. The zero-order valence-electron chi connectivity index (χ0n) is 12.3. The van der Waals surface area contributed by atoms with Gasteiger partial charge in [-0.05, 0) is 37.1 Å². The lowest BCUT2D eigenvalue weighted by Gasteiger charge is -2.30. The van der Waals surface area contributed by atoms with Crippen molar-refractivity contribution in [3.63, 3.8) is 0 Å². The van der Waals surface area contributed by atoms with Gasteiger partial charge in [0.05, 0.1) is 24.7 Å². The lowest BCUT2D eigenvalue weighted by molar-refractivity contribution is 0.0101. The Bertz CT molecular complexity index is 587. The van der Waals surface area contributed by atoms with Gasteiger partial charge in [-0.25, -0.2) is 8.42 Å². The Balaban J connectivity index is 2.38. The first-order valence-electron chi connectivity index (χ1n) is 6.88. The second-order valence-electron chi connectivity index (χ2n) is 4.99. The number of hydrogen-bond donors (Lipinski definition) is 1. The monoisotopic (exact) mass is 315 g/mol. The fraction of sp³-hybridized carbons (Fsp3) is 0.571. The van der Waals surface area contributed by atoms with E-state index in [9.17, 15) is 8.42 Å². The number of nitrogens with zero attached hydrogens (tertiary/aromatic N) is 1. The van der Waals surface area contributed by atoms with Gasteiger partial charge in [0.1, 0.15) is 5.75 Å². The van der Waals surface area contributed by atoms with Crippen LogP contribution in [-0.4, -0.2) is 57.3 Å². The van der Waals surface area contributed by atoms with Gasteiger partial charge < -0.3 is 14.6 Å². The summed E-state index contributed by atoms with van der Waals surface area (Å²) in [6, 6.07) is 4.82. The molecule has 0 bridgehead atoms. The van der Waals surface area contributed by atoms with Crippen molar-refractivity contribution in [1.82, 2.24) is 4.31 Å². The molecule has 1 aliphatic rings. The van der Waals surface area contributed by atoms with Crippen LogP contribution in [0.15, 0.2) is 23.1 Å². The normalized spacial score (nSPS) is 20.4. The fourth-order valence-electron chi connectivity index (χ4n) is 2.39. The molecule has 0 saturated carbocycles. The molecule has 1 N–H and O–H groups in total. The number of rotatable bonds is 5. The maximum atomic E-state index is 12.8. The fourth-order valence-corrected chi connectivity index (χ4v) is 4.13. The molecule has 1 atom stereocenters. The van der Waals surface area contributed by atoms with E-state index in [0.717, 1.165) is 0 Å². The lowest BCUT2D eigenvalue weighted by atomic mass is 10.1. The Labute approximate surface area is 125 Å². The van der Waals surface area contributed by atoms with Crippen molar-refractivity contribution in [3.8, 4) is 5.75 Å². The first-order chi connectivity index (χ1) is 9.98. The van der Waals surface area contributed by atoms with Crippen LogP contribution in [0, 0.1) is 0 Å². The molecule has 1 unspecified atom stereocenters. The molecule has 1 fully saturated rings. The standard InChI is InChI=1S/C14H21NO5S/c1-11-10-15(6-8-20-11)21(17,18)14-4-3-13(19-2)9-12(14)5-7-16/h3-4,9,11,16H,5-8,10H2,1-2H3. The van der Waals surface area contributed by atoms with Gasteiger partial charge in [-0.3, -0.25) is 0 Å². The summed E-state index contributed by atoms with van der Waals surface area (Å²) in [5.41, 5.74) is 0.566. The second kappa shape index (κ2) is 6.74. The van der Waals surface area contributed by atoms with Gasteiger partial charge in [0, 0.05) is 19.7 Å². The molecule has 21 heavy (non-hydrogen) atoms. The smallest absolute Gasteiger partial charge is 0.243 e. The van der Waals surface area contributed by atoms with E-state index in [0.29, 0.717) is 31.0 Å². The minimum absolute atomic E-state index is 0.116. The molecule has 2 rings (SSSR count). The molecule has 0 aliphatic carbocycles. The average molecular weight is 315 g/mol. The van der Waals surface area contributed by atoms with Gasteiger partial charge in [0.15, 0.2) is 0 Å². The average Bonchev–Trinajstić information content (AvgIpc) is 2.47. The Morgan fingerprint density at radius 1 is 1.48 bits per heavy atom. The number of hydrogen-bond acceptors (Lipinski definition) is 5. The molecule has 1 saturated heterocycles. The molecule has 0 amide bonds. The van der Waals surface area contributed by atoms with Gasteiger partial charge >= 0.3 is 0 Å². The number of sulfonamides is 1. The topological polar surface area (TPSA) is 76.1 Å². The summed E-state index contributed by atoms with van der Waals surface area (Å²) in [5.74, 6) is 0.577. The van der Waals surface area contributed by atoms with Crippen LogP contribution in [-0.2, 0) is 21.2 Å². The van der Waals surface area contributed by atoms with Gasteiger partial charge in [0.2, 0.25) is 10.0 Å². The van der Waals surface area contributed by atoms with E-state index in [1.54, 1.807) is 18.2 Å². The zero-order valence-corrected chi connectivity index (χ0v) is 13.1. The van der Waals surface area contributed by atoms with Crippen LogP contribution < -0.4 is 4.74 Å². The molecule has 1 heterocycles. The zero-order chi connectivity index (χ0) is 15.5. The molecule has 118 valence electrons. The highest BCUT2D eigenvalue weighted by atomic mass is 32.2. The number of methoxy groups -OCH3 is 1. The summed E-state index contributed by atoms with van der Waals surface area (Å²) in [7, 11) is -2.06. The summed E-state index contributed by atoms with van der Waals surface area (Å²) in [6.45, 7) is 2.82. The quantitative estimate of drug-likeness (QED) is 0.863. The van der Waals surface area contributed by atoms with Crippen molar-refractivity contribution in [2.75, 3.05) is 33.4 Å². The summed E-state index contributed by atoms with van der Waals surface area (Å²) >= 11 is 0. The lowest BCUT2D eigenvalue weighted by Crippen LogP contribution is -2.44. The SMILES string of the molecule is COc1ccc(S(=O)(=O)N2CCOC(C)C2)c(CCO)c1. The van der Waals surface area contributed by atoms with Crippen molar-refractivity contribution in [2.24, 2.45) is 0 Å². The number of aliphatic hydroxyl groups is 1. The molecule has 1 aliphatic heterocycles. The van der Waals surface area contributed by atoms with E-state index < -0.39 is 10.0 Å². The Kier molecular flexibility index (Phi) is 5.21. The Morgan fingerprint density at radius 3 is 2.86 bits per heavy atom. The molecule has 0 radical (unpaired) electrons. The number of ether oxygens (including phenoxy) is 2. The minimum Gasteiger partial charge on any atom is -0.497 e. The molecule has 7 heteroatoms. The first kappa shape index (κ1) is 16.2. The van der Waals surface area contributed by atoms with Crippen molar-refractivity contribution in [2.45, 2.75) is 24.3 Å². The highest BCUT2D eigenvalue weighted by Gasteiger charge is 2.30. The molecule has 1 aromatic carbocycles. The maximum absolute atomic E-state index is 12.8. The molecule has 0 aromatic heterocycles. The van der Waals surface area contributed by atoms with Crippen LogP contribution in [0.1, 0.15) is 12.5 Å². The molecule has 1 aromatic rings. The number of aliphatic hydroxyl groups excluding tert-OH is 1. The van der Waals surface area contributed by atoms with Gasteiger partial charge in [-0.2, -0.15) is 4.31 Å². The summed E-state index contributed by atoms with van der Waals surface area (Å²) in [4.78, 5) is 0.228.